The summed E-state index contributed by atoms with van der Waals surface area (Å²) in [6.45, 7) is 5.51. The number of ether oxygens (including phenoxy) is 2. The number of thiazole rings is 1. The van der Waals surface area contributed by atoms with Crippen LogP contribution in [0.3, 0.4) is 0 Å². The third kappa shape index (κ3) is 9.89. The SMILES string of the molecule is COCCNc1nc(-c2cnc(NC(C)C)s2)cc(-c2ccccc2CNS(=O)(=O)NC(=O)OCCNC2CC2)n1. The zero-order chi connectivity index (χ0) is 29.2. The first-order valence-electron chi connectivity index (χ1n) is 13.3. The average Bonchev–Trinajstić information content (AvgIpc) is 3.65. The van der Waals surface area contributed by atoms with Gasteiger partial charge in [-0.3, -0.25) is 0 Å². The molecule has 1 aliphatic carbocycles. The fourth-order valence-electron chi connectivity index (χ4n) is 3.73. The van der Waals surface area contributed by atoms with Crippen LogP contribution in [0.5, 0.6) is 0 Å². The van der Waals surface area contributed by atoms with E-state index in [1.54, 1.807) is 25.4 Å². The van der Waals surface area contributed by atoms with Crippen LogP contribution in [0.15, 0.2) is 36.5 Å². The van der Waals surface area contributed by atoms with Crippen molar-refractivity contribution in [3.05, 3.63) is 42.1 Å². The Kier molecular flexibility index (Phi) is 10.8. The first-order valence-corrected chi connectivity index (χ1v) is 15.6. The lowest BCUT2D eigenvalue weighted by atomic mass is 10.0. The topological polar surface area (TPSA) is 168 Å². The molecule has 0 saturated heterocycles. The van der Waals surface area contributed by atoms with Gasteiger partial charge in [-0.1, -0.05) is 35.6 Å². The van der Waals surface area contributed by atoms with Gasteiger partial charge in [-0.05, 0) is 38.3 Å². The van der Waals surface area contributed by atoms with Gasteiger partial charge < -0.3 is 25.4 Å². The third-order valence-electron chi connectivity index (χ3n) is 5.79. The Morgan fingerprint density at radius 3 is 2.66 bits per heavy atom. The smallest absolute Gasteiger partial charge is 0.421 e. The Bertz CT molecular complexity index is 1410. The summed E-state index contributed by atoms with van der Waals surface area (Å²) in [7, 11) is -2.55. The molecule has 13 nitrogen and oxygen atoms in total. The molecule has 1 fully saturated rings. The van der Waals surface area contributed by atoms with Gasteiger partial charge in [-0.15, -0.1) is 0 Å². The van der Waals surface area contributed by atoms with Gasteiger partial charge >= 0.3 is 16.3 Å². The minimum Gasteiger partial charge on any atom is -0.447 e. The second-order valence-electron chi connectivity index (χ2n) is 9.66. The predicted molar refractivity (Wildman–Crippen MR) is 159 cm³/mol. The van der Waals surface area contributed by atoms with E-state index in [0.29, 0.717) is 54.2 Å². The van der Waals surface area contributed by atoms with Crippen molar-refractivity contribution in [3.8, 4) is 21.8 Å². The highest BCUT2D eigenvalue weighted by atomic mass is 32.2. The largest absolute Gasteiger partial charge is 0.447 e. The number of nitrogens with one attached hydrogen (secondary N) is 5. The number of anilines is 2. The highest BCUT2D eigenvalue weighted by molar-refractivity contribution is 7.88. The molecule has 2 aromatic heterocycles. The first-order chi connectivity index (χ1) is 19.7. The zero-order valence-corrected chi connectivity index (χ0v) is 24.9. The van der Waals surface area contributed by atoms with E-state index in [4.69, 9.17) is 9.47 Å². The summed E-state index contributed by atoms with van der Waals surface area (Å²) in [6, 6.07) is 9.82. The lowest BCUT2D eigenvalue weighted by Gasteiger charge is -2.14. The van der Waals surface area contributed by atoms with E-state index >= 15 is 0 Å². The number of hydrogen-bond acceptors (Lipinski definition) is 12. The van der Waals surface area contributed by atoms with Crippen molar-refractivity contribution >= 4 is 38.7 Å². The van der Waals surface area contributed by atoms with Gasteiger partial charge in [0.05, 0.1) is 22.9 Å². The molecule has 1 amide bonds. The monoisotopic (exact) mass is 604 g/mol. The Balaban J connectivity index is 1.49. The van der Waals surface area contributed by atoms with Gasteiger partial charge in [0.2, 0.25) is 5.95 Å². The number of aromatic nitrogens is 3. The lowest BCUT2D eigenvalue weighted by molar-refractivity contribution is 0.153. The summed E-state index contributed by atoms with van der Waals surface area (Å²) in [6.07, 6.45) is 2.94. The van der Waals surface area contributed by atoms with Crippen molar-refractivity contribution in [3.63, 3.8) is 0 Å². The molecule has 3 aromatic rings. The average molecular weight is 605 g/mol. The zero-order valence-electron chi connectivity index (χ0n) is 23.3. The molecule has 0 bridgehead atoms. The van der Waals surface area contributed by atoms with E-state index in [-0.39, 0.29) is 19.2 Å². The number of hydrogen-bond donors (Lipinski definition) is 5. The lowest BCUT2D eigenvalue weighted by Crippen LogP contribution is -2.40. The number of carbonyl (C=O) groups is 1. The predicted octanol–water partition coefficient (Wildman–Crippen LogP) is 2.96. The molecular formula is C26H36N8O5S2. The van der Waals surface area contributed by atoms with E-state index in [9.17, 15) is 13.2 Å². The number of nitrogens with zero attached hydrogens (tertiary/aromatic N) is 3. The van der Waals surface area contributed by atoms with Crippen molar-refractivity contribution < 1.29 is 22.7 Å². The van der Waals surface area contributed by atoms with Gasteiger partial charge in [-0.2, -0.15) is 13.1 Å². The number of carbonyl (C=O) groups excluding carboxylic acids is 1. The molecule has 4 rings (SSSR count). The van der Waals surface area contributed by atoms with Crippen LogP contribution in [0, 0.1) is 0 Å². The molecule has 0 radical (unpaired) electrons. The Hall–Kier alpha value is -3.37. The van der Waals surface area contributed by atoms with E-state index in [1.165, 1.54) is 11.3 Å². The maximum absolute atomic E-state index is 12.5. The third-order valence-corrected chi connectivity index (χ3v) is 7.71. The van der Waals surface area contributed by atoms with Crippen LogP contribution < -0.4 is 25.4 Å². The molecule has 5 N–H and O–H groups in total. The number of amides is 1. The van der Waals surface area contributed by atoms with Crippen LogP contribution in [0.4, 0.5) is 15.9 Å². The van der Waals surface area contributed by atoms with Gasteiger partial charge in [-0.25, -0.2) is 24.5 Å². The summed E-state index contributed by atoms with van der Waals surface area (Å²) in [4.78, 5) is 26.6. The van der Waals surface area contributed by atoms with Crippen LogP contribution in [-0.4, -0.2) is 75.0 Å². The van der Waals surface area contributed by atoms with Crippen LogP contribution in [0.2, 0.25) is 0 Å². The fourth-order valence-corrected chi connectivity index (χ4v) is 5.35. The molecule has 0 unspecified atom stereocenters. The summed E-state index contributed by atoms with van der Waals surface area (Å²) >= 11 is 1.48. The second kappa shape index (κ2) is 14.5. The Labute approximate surface area is 244 Å². The molecule has 2 heterocycles. The highest BCUT2D eigenvalue weighted by Crippen LogP contribution is 2.32. The van der Waals surface area contributed by atoms with Crippen molar-refractivity contribution in [1.82, 2.24) is 29.7 Å². The summed E-state index contributed by atoms with van der Waals surface area (Å²) < 4.78 is 39.5. The standard InChI is InChI=1S/C26H36N8O5S2/c1-17(2)31-25-29-16-23(40-25)22-14-21(32-24(33-22)28-10-12-38-3)20-7-5-4-6-18(20)15-30-41(36,37)34-26(35)39-13-11-27-19-8-9-19/h4-7,14,16-17,19,27,30H,8-13,15H2,1-3H3,(H,29,31)(H,34,35)(H,28,32,33). The van der Waals surface area contributed by atoms with Crippen LogP contribution in [0.1, 0.15) is 32.3 Å². The molecule has 0 spiro atoms. The molecule has 15 heteroatoms. The molecule has 1 aliphatic rings. The minimum absolute atomic E-state index is 0.0757. The van der Waals surface area contributed by atoms with E-state index in [1.807, 2.05) is 36.8 Å². The Morgan fingerprint density at radius 2 is 1.90 bits per heavy atom. The van der Waals surface area contributed by atoms with Crippen molar-refractivity contribution in [2.75, 3.05) is 44.0 Å². The van der Waals surface area contributed by atoms with Crippen molar-refractivity contribution in [2.24, 2.45) is 0 Å². The maximum Gasteiger partial charge on any atom is 0.421 e. The fraction of sp³-hybridized carbons (Fsp3) is 0.462. The van der Waals surface area contributed by atoms with Crippen LogP contribution in [0.25, 0.3) is 21.8 Å². The number of benzene rings is 1. The molecular weight excluding hydrogens is 568 g/mol. The molecule has 1 aromatic carbocycles. The van der Waals surface area contributed by atoms with Crippen molar-refractivity contribution in [1.29, 1.82) is 0 Å². The van der Waals surface area contributed by atoms with Gasteiger partial charge in [0.1, 0.15) is 6.61 Å². The Morgan fingerprint density at radius 1 is 1.12 bits per heavy atom. The number of methoxy groups -OCH3 is 1. The quantitative estimate of drug-likeness (QED) is 0.152. The maximum atomic E-state index is 12.5. The van der Waals surface area contributed by atoms with Gasteiger partial charge in [0.15, 0.2) is 5.13 Å². The normalized spacial score (nSPS) is 13.3. The molecule has 0 atom stereocenters. The van der Waals surface area contributed by atoms with E-state index in [2.05, 4.69) is 35.6 Å². The molecule has 0 aliphatic heterocycles. The van der Waals surface area contributed by atoms with E-state index < -0.39 is 16.3 Å². The van der Waals surface area contributed by atoms with Crippen LogP contribution in [-0.2, 0) is 26.2 Å². The first kappa shape index (κ1) is 30.6. The van der Waals surface area contributed by atoms with Crippen molar-refractivity contribution in [2.45, 2.75) is 45.3 Å². The highest BCUT2D eigenvalue weighted by Gasteiger charge is 2.21. The van der Waals surface area contributed by atoms with E-state index in [0.717, 1.165) is 22.9 Å². The molecule has 41 heavy (non-hydrogen) atoms. The molecule has 1 saturated carbocycles. The van der Waals surface area contributed by atoms with Gasteiger partial charge in [0, 0.05) is 50.6 Å². The van der Waals surface area contributed by atoms with Gasteiger partial charge in [0.25, 0.3) is 0 Å². The van der Waals surface area contributed by atoms with Crippen LogP contribution >= 0.6 is 11.3 Å². The summed E-state index contributed by atoms with van der Waals surface area (Å²) in [5.41, 5.74) is 2.61. The summed E-state index contributed by atoms with van der Waals surface area (Å²) in [5, 5.41) is 10.4. The second-order valence-corrected chi connectivity index (χ2v) is 12.2. The molecule has 222 valence electrons. The number of rotatable bonds is 16. The minimum atomic E-state index is -4.17. The summed E-state index contributed by atoms with van der Waals surface area (Å²) in [5.74, 6) is 0.400.